The zero-order valence-corrected chi connectivity index (χ0v) is 32.6. The maximum absolute atomic E-state index is 16.4. The Morgan fingerprint density at radius 3 is 2.37 bits per heavy atom. The number of anilines is 2. The number of nitrogens with zero attached hydrogens (tertiary/aromatic N) is 2. The molecule has 54 heavy (non-hydrogen) atoms. The Hall–Kier alpha value is -3.58. The van der Waals surface area contributed by atoms with Crippen LogP contribution in [0.1, 0.15) is 30.0 Å². The summed E-state index contributed by atoms with van der Waals surface area (Å²) in [6.45, 7) is 5.00. The van der Waals surface area contributed by atoms with Gasteiger partial charge in [0.15, 0.2) is 18.0 Å². The molecule has 0 unspecified atom stereocenters. The molecule has 290 valence electrons. The second kappa shape index (κ2) is 15.9. The molecule has 0 saturated carbocycles. The summed E-state index contributed by atoms with van der Waals surface area (Å²) in [6.07, 6.45) is -10.1. The highest BCUT2D eigenvalue weighted by molar-refractivity contribution is 9.10. The number of hydrogen-bond donors (Lipinski definition) is 6. The molecule has 3 aromatic carbocycles. The largest absolute Gasteiger partial charge is 0.395 e. The van der Waals surface area contributed by atoms with E-state index < -0.39 is 74.1 Å². The van der Waals surface area contributed by atoms with Crippen molar-refractivity contribution < 1.29 is 53.5 Å². The summed E-state index contributed by atoms with van der Waals surface area (Å²) < 4.78 is 28.9. The third-order valence-corrected chi connectivity index (χ3v) is 13.6. The van der Waals surface area contributed by atoms with Crippen LogP contribution in [0.4, 0.5) is 15.5 Å². The predicted octanol–water partition coefficient (Wildman–Crippen LogP) is 2.92. The molecule has 6 rings (SSSR count). The molecular weight excluding hydrogens is 785 g/mol. The first kappa shape index (κ1) is 40.1. The molecule has 0 aromatic heterocycles. The van der Waals surface area contributed by atoms with Crippen molar-refractivity contribution in [1.29, 1.82) is 0 Å². The van der Waals surface area contributed by atoms with Crippen molar-refractivity contribution in [3.63, 3.8) is 0 Å². The first-order chi connectivity index (χ1) is 25.6. The summed E-state index contributed by atoms with van der Waals surface area (Å²) in [4.78, 5) is 44.8. The number of fused-ring (bicyclic) bond motifs is 2. The normalized spacial score (nSPS) is 29.4. The fraction of sp³-hybridized carbons (Fsp3) is 0.447. The van der Waals surface area contributed by atoms with Gasteiger partial charge in [-0.25, -0.2) is 0 Å². The van der Waals surface area contributed by atoms with Crippen LogP contribution in [0.3, 0.4) is 0 Å². The van der Waals surface area contributed by atoms with Crippen LogP contribution in [0.25, 0.3) is 0 Å². The highest BCUT2D eigenvalue weighted by Gasteiger charge is 2.67. The number of carbonyl (C=O) groups excluding carboxylic acids is 3. The lowest BCUT2D eigenvalue weighted by Crippen LogP contribution is -2.60. The highest BCUT2D eigenvalue weighted by Crippen LogP contribution is 2.60. The van der Waals surface area contributed by atoms with E-state index >= 15 is 4.11 Å². The minimum Gasteiger partial charge on any atom is -0.395 e. The van der Waals surface area contributed by atoms with Crippen molar-refractivity contribution >= 4 is 53.4 Å². The van der Waals surface area contributed by atoms with Gasteiger partial charge in [-0.1, -0.05) is 65.3 Å². The number of rotatable bonds is 11. The predicted molar refractivity (Wildman–Crippen MR) is 201 cm³/mol. The van der Waals surface area contributed by atoms with Crippen molar-refractivity contribution in [2.24, 2.45) is 5.92 Å². The molecule has 13 nitrogen and oxygen atoms in total. The molecule has 3 amide bonds. The smallest absolute Gasteiger partial charge is 0.264 e. The number of carbonyl (C=O) groups is 3. The van der Waals surface area contributed by atoms with Gasteiger partial charge in [0.2, 0.25) is 14.3 Å². The molecule has 1 spiro atoms. The Balaban J connectivity index is 1.27. The van der Waals surface area contributed by atoms with Gasteiger partial charge in [-0.05, 0) is 54.6 Å². The first-order valence-electron chi connectivity index (χ1n) is 17.8. The van der Waals surface area contributed by atoms with Gasteiger partial charge in [0.05, 0.1) is 31.4 Å². The van der Waals surface area contributed by atoms with E-state index in [0.29, 0.717) is 21.3 Å². The molecule has 16 heteroatoms. The summed E-state index contributed by atoms with van der Waals surface area (Å²) in [5.74, 6) is -2.29. The van der Waals surface area contributed by atoms with Crippen LogP contribution in [0.2, 0.25) is 18.6 Å². The average molecular weight is 831 g/mol. The van der Waals surface area contributed by atoms with Crippen LogP contribution in [0, 0.1) is 5.92 Å². The Morgan fingerprint density at radius 2 is 1.69 bits per heavy atom. The molecule has 2 fully saturated rings. The summed E-state index contributed by atoms with van der Waals surface area (Å²) in [6, 6.07) is 21.2. The number of amides is 3. The molecule has 2 saturated heterocycles. The summed E-state index contributed by atoms with van der Waals surface area (Å²) in [5, 5.41) is 52.4. The maximum Gasteiger partial charge on any atom is 0.264 e. The maximum atomic E-state index is 16.4. The standard InChI is InChI=1S/C38H45BrFN3O10Si/c1-21-34(54(2,3)40)28(18-29(45)42(14-15-44)19-22-8-5-4-6-9-22)53-38(21)26-17-24(39)12-13-27(26)43(37(38)51)20-23-10-7-11-25(16-23)41-35(49)33-31(47)30(46)32(48)36(50)52-33/h4-13,16-17,21,28,30-34,36,44,46-48,50H,14-15,18-20H2,1-3H3,(H,41,49)/t21-,28+,30+,31+,32-,33+,34-,36-,38+/m1/s1. The third-order valence-electron chi connectivity index (χ3n) is 10.6. The lowest BCUT2D eigenvalue weighted by Gasteiger charge is -2.37. The Labute approximate surface area is 321 Å². The second-order valence-corrected chi connectivity index (χ2v) is 19.4. The molecule has 3 aromatic rings. The van der Waals surface area contributed by atoms with Crippen LogP contribution >= 0.6 is 15.9 Å². The van der Waals surface area contributed by atoms with Gasteiger partial charge >= 0.3 is 0 Å². The van der Waals surface area contributed by atoms with Crippen LogP contribution in [-0.4, -0.2) is 107 Å². The van der Waals surface area contributed by atoms with E-state index in [1.807, 2.05) is 30.3 Å². The average Bonchev–Trinajstić information content (AvgIpc) is 3.54. The highest BCUT2D eigenvalue weighted by atomic mass is 79.9. The number of halogens is 2. The Kier molecular flexibility index (Phi) is 11.8. The quantitative estimate of drug-likeness (QED) is 0.124. The van der Waals surface area contributed by atoms with Gasteiger partial charge in [0.25, 0.3) is 11.8 Å². The van der Waals surface area contributed by atoms with Crippen molar-refractivity contribution in [2.75, 3.05) is 23.4 Å². The summed E-state index contributed by atoms with van der Waals surface area (Å²) in [5.41, 5.74) is 0.448. The topological polar surface area (TPSA) is 189 Å². The van der Waals surface area contributed by atoms with Crippen LogP contribution in [0.15, 0.2) is 77.3 Å². The molecular formula is C38H45BrFN3O10Si. The van der Waals surface area contributed by atoms with E-state index in [9.17, 15) is 39.9 Å². The fourth-order valence-corrected chi connectivity index (χ4v) is 11.0. The Morgan fingerprint density at radius 1 is 0.981 bits per heavy atom. The molecule has 3 aliphatic heterocycles. The van der Waals surface area contributed by atoms with Gasteiger partial charge in [-0.2, -0.15) is 0 Å². The van der Waals surface area contributed by atoms with Crippen molar-refractivity contribution in [3.8, 4) is 0 Å². The van der Waals surface area contributed by atoms with Gasteiger partial charge in [0, 0.05) is 40.3 Å². The minimum absolute atomic E-state index is 0.0211. The summed E-state index contributed by atoms with van der Waals surface area (Å²) in [7, 11) is -3.59. The fourth-order valence-electron chi connectivity index (χ4n) is 8.12. The van der Waals surface area contributed by atoms with Gasteiger partial charge in [-0.3, -0.25) is 14.4 Å². The lowest BCUT2D eigenvalue weighted by atomic mass is 9.82. The number of ether oxygens (including phenoxy) is 2. The van der Waals surface area contributed by atoms with E-state index in [2.05, 4.69) is 21.2 Å². The third kappa shape index (κ3) is 7.63. The SMILES string of the molecule is C[C@@H]1[C@@H]([Si](C)(C)F)[C@H](CC(=O)N(CCO)Cc2ccccc2)O[C@@]12C(=O)N(Cc1cccc(NC(=O)[C@H]3O[C@@H](O)[C@H](O)[C@@H](O)[C@@H]3O)c1)c1ccc(Br)cc12. The van der Waals surface area contributed by atoms with Crippen molar-refractivity contribution in [1.82, 2.24) is 4.90 Å². The minimum atomic E-state index is -3.59. The first-order valence-corrected chi connectivity index (χ1v) is 21.5. The number of aliphatic hydroxyl groups is 5. The van der Waals surface area contributed by atoms with E-state index in [-0.39, 0.29) is 44.3 Å². The molecule has 3 heterocycles. The number of benzene rings is 3. The molecule has 6 N–H and O–H groups in total. The van der Waals surface area contributed by atoms with Gasteiger partial charge < -0.3 is 54.2 Å². The molecule has 0 radical (unpaired) electrons. The second-order valence-electron chi connectivity index (χ2n) is 14.7. The van der Waals surface area contributed by atoms with Crippen LogP contribution < -0.4 is 10.2 Å². The van der Waals surface area contributed by atoms with Gasteiger partial charge in [0.1, 0.15) is 18.3 Å². The number of hydrogen-bond acceptors (Lipinski definition) is 10. The van der Waals surface area contributed by atoms with E-state index in [4.69, 9.17) is 9.47 Å². The summed E-state index contributed by atoms with van der Waals surface area (Å²) >= 11 is 3.53. The van der Waals surface area contributed by atoms with E-state index in [0.717, 1.165) is 5.56 Å². The van der Waals surface area contributed by atoms with Gasteiger partial charge in [-0.15, -0.1) is 0 Å². The van der Waals surface area contributed by atoms with E-state index in [1.54, 1.807) is 67.4 Å². The Bertz CT molecular complexity index is 1870. The van der Waals surface area contributed by atoms with Crippen LogP contribution in [-0.2, 0) is 42.5 Å². The molecule has 0 bridgehead atoms. The lowest BCUT2D eigenvalue weighted by molar-refractivity contribution is -0.274. The number of nitrogens with one attached hydrogen (secondary N) is 1. The van der Waals surface area contributed by atoms with E-state index in [1.165, 1.54) is 4.90 Å². The van der Waals surface area contributed by atoms with Crippen molar-refractivity contribution in [2.45, 2.75) is 87.5 Å². The number of aliphatic hydroxyl groups excluding tert-OH is 5. The van der Waals surface area contributed by atoms with Crippen LogP contribution in [0.5, 0.6) is 0 Å². The molecule has 9 atom stereocenters. The zero-order chi connectivity index (χ0) is 39.1. The zero-order valence-electron chi connectivity index (χ0n) is 30.0. The molecule has 3 aliphatic rings. The monoisotopic (exact) mass is 829 g/mol. The molecule has 0 aliphatic carbocycles. The van der Waals surface area contributed by atoms with Crippen molar-refractivity contribution in [3.05, 3.63) is 94.0 Å².